The highest BCUT2D eigenvalue weighted by atomic mass is 32.1. The van der Waals surface area contributed by atoms with Gasteiger partial charge in [-0.25, -0.2) is 9.97 Å². The molecule has 0 bridgehead atoms. The first kappa shape index (κ1) is 25.0. The number of fused-ring (bicyclic) bond motifs is 7. The van der Waals surface area contributed by atoms with E-state index in [0.29, 0.717) is 5.82 Å². The lowest BCUT2D eigenvalue weighted by Crippen LogP contribution is -1.97. The second-order valence-corrected chi connectivity index (χ2v) is 12.1. The first-order chi connectivity index (χ1) is 21.8. The molecule has 3 aromatic heterocycles. The Morgan fingerprint density at radius 3 is 1.77 bits per heavy atom. The van der Waals surface area contributed by atoms with Gasteiger partial charge in [0.1, 0.15) is 0 Å². The maximum Gasteiger partial charge on any atom is 0.160 e. The van der Waals surface area contributed by atoms with E-state index in [-0.39, 0.29) is 0 Å². The molecule has 0 fully saturated rings. The Balaban J connectivity index is 1.25. The summed E-state index contributed by atoms with van der Waals surface area (Å²) in [4.78, 5) is 10.1. The smallest absolute Gasteiger partial charge is 0.160 e. The van der Waals surface area contributed by atoms with Crippen molar-refractivity contribution >= 4 is 53.3 Å². The maximum atomic E-state index is 5.04. The number of aromatic nitrogens is 3. The fourth-order valence-corrected chi connectivity index (χ4v) is 7.49. The van der Waals surface area contributed by atoms with Gasteiger partial charge in [-0.1, -0.05) is 103 Å². The van der Waals surface area contributed by atoms with Gasteiger partial charge in [-0.3, -0.25) is 0 Å². The number of nitrogens with zero attached hydrogens (tertiary/aromatic N) is 3. The zero-order valence-electron chi connectivity index (χ0n) is 23.7. The number of hydrogen-bond donors (Lipinski definition) is 0. The van der Waals surface area contributed by atoms with Gasteiger partial charge in [0.05, 0.1) is 22.4 Å². The summed E-state index contributed by atoms with van der Waals surface area (Å²) in [5.41, 5.74) is 8.51. The van der Waals surface area contributed by atoms with Crippen molar-refractivity contribution in [2.24, 2.45) is 0 Å². The molecule has 0 spiro atoms. The van der Waals surface area contributed by atoms with E-state index >= 15 is 0 Å². The van der Waals surface area contributed by atoms with Crippen molar-refractivity contribution in [3.63, 3.8) is 0 Å². The normalized spacial score (nSPS) is 11.6. The Bertz CT molecular complexity index is 2420. The number of hydrogen-bond acceptors (Lipinski definition) is 3. The summed E-state index contributed by atoms with van der Waals surface area (Å²) >= 11 is 1.86. The fourth-order valence-electron chi connectivity index (χ4n) is 6.38. The fraction of sp³-hybridized carbons (Fsp3) is 0. The minimum Gasteiger partial charge on any atom is -0.309 e. The average molecular weight is 580 g/mol. The number of thiophene rings is 1. The summed E-state index contributed by atoms with van der Waals surface area (Å²) in [5.74, 6) is 0.713. The molecule has 0 aliphatic heterocycles. The van der Waals surface area contributed by atoms with Crippen LogP contribution < -0.4 is 0 Å². The van der Waals surface area contributed by atoms with Crippen LogP contribution in [0.4, 0.5) is 0 Å². The van der Waals surface area contributed by atoms with Gasteiger partial charge < -0.3 is 4.57 Å². The van der Waals surface area contributed by atoms with Crippen molar-refractivity contribution in [2.45, 2.75) is 0 Å². The number of para-hydroxylation sites is 1. The lowest BCUT2D eigenvalue weighted by molar-refractivity contribution is 1.17. The lowest BCUT2D eigenvalue weighted by atomic mass is 10.1. The highest BCUT2D eigenvalue weighted by molar-refractivity contribution is 7.26. The molecular weight excluding hydrogens is 555 g/mol. The first-order valence-corrected chi connectivity index (χ1v) is 15.6. The van der Waals surface area contributed by atoms with Gasteiger partial charge in [0.25, 0.3) is 0 Å². The zero-order chi connectivity index (χ0) is 29.0. The summed E-state index contributed by atoms with van der Waals surface area (Å²) in [6.07, 6.45) is 0. The molecule has 4 heteroatoms. The summed E-state index contributed by atoms with van der Waals surface area (Å²) in [7, 11) is 0. The van der Waals surface area contributed by atoms with Crippen LogP contribution in [0.2, 0.25) is 0 Å². The average Bonchev–Trinajstić information content (AvgIpc) is 3.65. The van der Waals surface area contributed by atoms with Crippen LogP contribution in [-0.2, 0) is 0 Å². The quantitative estimate of drug-likeness (QED) is 0.208. The predicted octanol–water partition coefficient (Wildman–Crippen LogP) is 10.9. The van der Waals surface area contributed by atoms with E-state index in [1.54, 1.807) is 0 Å². The topological polar surface area (TPSA) is 30.7 Å². The van der Waals surface area contributed by atoms with Crippen molar-refractivity contribution in [2.75, 3.05) is 0 Å². The first-order valence-electron chi connectivity index (χ1n) is 14.8. The molecule has 0 atom stereocenters. The van der Waals surface area contributed by atoms with Gasteiger partial charge in [0, 0.05) is 53.3 Å². The minimum atomic E-state index is 0.713. The van der Waals surface area contributed by atoms with Crippen LogP contribution in [0.5, 0.6) is 0 Å². The Labute approximate surface area is 258 Å². The molecule has 3 nitrogen and oxygen atoms in total. The Morgan fingerprint density at radius 1 is 0.455 bits per heavy atom. The molecule has 0 aliphatic carbocycles. The molecular formula is C40H25N3S. The van der Waals surface area contributed by atoms with Gasteiger partial charge >= 0.3 is 0 Å². The van der Waals surface area contributed by atoms with E-state index in [9.17, 15) is 0 Å². The van der Waals surface area contributed by atoms with Crippen LogP contribution in [0.3, 0.4) is 0 Å². The van der Waals surface area contributed by atoms with E-state index in [1.165, 1.54) is 42.0 Å². The molecule has 0 radical (unpaired) electrons. The van der Waals surface area contributed by atoms with Crippen LogP contribution in [0.15, 0.2) is 152 Å². The largest absolute Gasteiger partial charge is 0.309 e. The van der Waals surface area contributed by atoms with Crippen LogP contribution in [0.1, 0.15) is 0 Å². The molecule has 0 N–H and O–H groups in total. The summed E-state index contributed by atoms with van der Waals surface area (Å²) < 4.78 is 5.04. The van der Waals surface area contributed by atoms with Crippen LogP contribution >= 0.6 is 11.3 Å². The van der Waals surface area contributed by atoms with E-state index in [2.05, 4.69) is 120 Å². The molecule has 9 aromatic rings. The molecule has 206 valence electrons. The molecule has 0 saturated heterocycles. The maximum absolute atomic E-state index is 5.04. The van der Waals surface area contributed by atoms with Crippen molar-refractivity contribution in [3.05, 3.63) is 152 Å². The van der Waals surface area contributed by atoms with E-state index in [0.717, 1.165) is 33.8 Å². The van der Waals surface area contributed by atoms with Gasteiger partial charge in [-0.2, -0.15) is 0 Å². The second-order valence-electron chi connectivity index (χ2n) is 11.0. The summed E-state index contributed by atoms with van der Waals surface area (Å²) in [6, 6.07) is 53.5. The van der Waals surface area contributed by atoms with E-state index < -0.39 is 0 Å². The highest BCUT2D eigenvalue weighted by Crippen LogP contribution is 2.43. The molecule has 0 aliphatic rings. The number of rotatable bonds is 4. The third-order valence-corrected chi connectivity index (χ3v) is 9.56. The Hall–Kier alpha value is -5.58. The van der Waals surface area contributed by atoms with Gasteiger partial charge in [0.15, 0.2) is 5.82 Å². The lowest BCUT2D eigenvalue weighted by Gasteiger charge is -2.12. The van der Waals surface area contributed by atoms with Crippen molar-refractivity contribution < 1.29 is 0 Å². The van der Waals surface area contributed by atoms with E-state index in [4.69, 9.17) is 9.97 Å². The van der Waals surface area contributed by atoms with Crippen molar-refractivity contribution in [3.8, 4) is 39.6 Å². The standard InChI is InChI=1S/C40H25N3S/c1-3-11-26(12-4-1)33-25-34(27-13-5-2-6-14-27)42-40(41-33)28-19-21-29(22-20-28)43-35-17-9-7-15-30(35)31-23-24-37-38(39(31)43)32-16-8-10-18-36(32)44-37/h1-25H. The minimum absolute atomic E-state index is 0.713. The highest BCUT2D eigenvalue weighted by Gasteiger charge is 2.18. The SMILES string of the molecule is c1ccc(-c2cc(-c3ccccc3)nc(-c3ccc(-n4c5ccccc5c5ccc6sc7ccccc7c6c54)cc3)n2)cc1. The van der Waals surface area contributed by atoms with Crippen LogP contribution in [0, 0.1) is 0 Å². The molecule has 3 heterocycles. The van der Waals surface area contributed by atoms with E-state index in [1.807, 2.05) is 47.7 Å². The van der Waals surface area contributed by atoms with Crippen molar-refractivity contribution in [1.82, 2.24) is 14.5 Å². The van der Waals surface area contributed by atoms with Gasteiger partial charge in [-0.15, -0.1) is 11.3 Å². The number of benzene rings is 6. The predicted molar refractivity (Wildman–Crippen MR) is 186 cm³/mol. The Kier molecular flexibility index (Phi) is 5.68. The second kappa shape index (κ2) is 10.0. The third-order valence-electron chi connectivity index (χ3n) is 8.42. The molecule has 0 unspecified atom stereocenters. The summed E-state index contributed by atoms with van der Waals surface area (Å²) in [6.45, 7) is 0. The van der Waals surface area contributed by atoms with Gasteiger partial charge in [0.2, 0.25) is 0 Å². The Morgan fingerprint density at radius 2 is 1.07 bits per heavy atom. The third kappa shape index (κ3) is 3.96. The summed E-state index contributed by atoms with van der Waals surface area (Å²) in [5, 5.41) is 5.15. The monoisotopic (exact) mass is 579 g/mol. The molecule has 44 heavy (non-hydrogen) atoms. The van der Waals surface area contributed by atoms with Gasteiger partial charge in [-0.05, 0) is 48.5 Å². The van der Waals surface area contributed by atoms with Crippen molar-refractivity contribution in [1.29, 1.82) is 0 Å². The zero-order valence-corrected chi connectivity index (χ0v) is 24.5. The molecule has 0 amide bonds. The molecule has 6 aromatic carbocycles. The molecule has 9 rings (SSSR count). The van der Waals surface area contributed by atoms with Crippen LogP contribution in [-0.4, -0.2) is 14.5 Å². The molecule has 0 saturated carbocycles. The van der Waals surface area contributed by atoms with Crippen LogP contribution in [0.25, 0.3) is 81.6 Å².